The molecule has 1 atom stereocenters. The summed E-state index contributed by atoms with van der Waals surface area (Å²) in [6, 6.07) is -0.350. The molecule has 1 aliphatic carbocycles. The van der Waals surface area contributed by atoms with Crippen LogP contribution in [0.25, 0.3) is 0 Å². The Bertz CT molecular complexity index is 267. The third-order valence-corrected chi connectivity index (χ3v) is 3.16. The molecule has 2 N–H and O–H groups in total. The minimum Gasteiger partial charge on any atom is -0.387 e. The van der Waals surface area contributed by atoms with Gasteiger partial charge in [-0.3, -0.25) is 9.79 Å². The molecule has 16 heavy (non-hydrogen) atoms. The van der Waals surface area contributed by atoms with Crippen LogP contribution in [0, 0.1) is 5.92 Å². The minimum atomic E-state index is -0.350. The molecule has 4 nitrogen and oxygen atoms in total. The van der Waals surface area contributed by atoms with Crippen molar-refractivity contribution in [2.45, 2.75) is 45.1 Å². The number of nitrogens with two attached hydrogens (primary N) is 1. The van der Waals surface area contributed by atoms with Crippen LogP contribution in [0.4, 0.5) is 0 Å². The summed E-state index contributed by atoms with van der Waals surface area (Å²) in [7, 11) is 3.48. The lowest BCUT2D eigenvalue weighted by Crippen LogP contribution is -2.34. The molecule has 1 rings (SSSR count). The van der Waals surface area contributed by atoms with Crippen LogP contribution >= 0.6 is 0 Å². The summed E-state index contributed by atoms with van der Waals surface area (Å²) in [6.07, 6.45) is 6.01. The molecule has 1 unspecified atom stereocenters. The fourth-order valence-corrected chi connectivity index (χ4v) is 2.16. The van der Waals surface area contributed by atoms with Gasteiger partial charge in [0.05, 0.1) is 5.84 Å². The number of hydrogen-bond acceptors (Lipinski definition) is 2. The van der Waals surface area contributed by atoms with Gasteiger partial charge in [-0.05, 0) is 19.8 Å². The second-order valence-electron chi connectivity index (χ2n) is 4.80. The molecule has 0 bridgehead atoms. The van der Waals surface area contributed by atoms with E-state index >= 15 is 0 Å². The predicted molar refractivity (Wildman–Crippen MR) is 66.4 cm³/mol. The lowest BCUT2D eigenvalue weighted by Gasteiger charge is -2.22. The lowest BCUT2D eigenvalue weighted by atomic mass is 9.88. The van der Waals surface area contributed by atoms with Crippen molar-refractivity contribution in [1.82, 2.24) is 4.90 Å². The molecule has 0 aliphatic heterocycles. The molecule has 0 aromatic heterocycles. The van der Waals surface area contributed by atoms with E-state index < -0.39 is 0 Å². The Morgan fingerprint density at radius 2 is 1.88 bits per heavy atom. The molecule has 0 heterocycles. The summed E-state index contributed by atoms with van der Waals surface area (Å²) in [6.45, 7) is 1.80. The Hall–Kier alpha value is -1.06. The van der Waals surface area contributed by atoms with Gasteiger partial charge in [0.25, 0.3) is 0 Å². The number of amidine groups is 1. The van der Waals surface area contributed by atoms with Crippen LogP contribution in [-0.2, 0) is 4.79 Å². The van der Waals surface area contributed by atoms with Gasteiger partial charge in [-0.1, -0.05) is 19.3 Å². The van der Waals surface area contributed by atoms with Gasteiger partial charge in [0.15, 0.2) is 0 Å². The Balaban J connectivity index is 2.57. The fourth-order valence-electron chi connectivity index (χ4n) is 2.16. The van der Waals surface area contributed by atoms with Gasteiger partial charge >= 0.3 is 0 Å². The first kappa shape index (κ1) is 13.0. The van der Waals surface area contributed by atoms with Gasteiger partial charge in [-0.2, -0.15) is 0 Å². The molecule has 0 aromatic rings. The van der Waals surface area contributed by atoms with Gasteiger partial charge in [-0.25, -0.2) is 0 Å². The minimum absolute atomic E-state index is 0.0127. The zero-order chi connectivity index (χ0) is 12.1. The normalized spacial score (nSPS) is 20.6. The molecule has 92 valence electrons. The van der Waals surface area contributed by atoms with E-state index in [9.17, 15) is 4.79 Å². The highest BCUT2D eigenvalue weighted by Crippen LogP contribution is 2.23. The van der Waals surface area contributed by atoms with Crippen LogP contribution in [0.2, 0.25) is 0 Å². The monoisotopic (exact) mass is 225 g/mol. The number of aliphatic imine (C=N–C) groups is 1. The Labute approximate surface area is 97.9 Å². The smallest absolute Gasteiger partial charge is 0.246 e. The van der Waals surface area contributed by atoms with Gasteiger partial charge in [0, 0.05) is 20.0 Å². The first-order chi connectivity index (χ1) is 7.52. The average Bonchev–Trinajstić information content (AvgIpc) is 2.28. The van der Waals surface area contributed by atoms with E-state index in [2.05, 4.69) is 4.99 Å². The Kier molecular flexibility index (Phi) is 4.77. The maximum atomic E-state index is 11.6. The second kappa shape index (κ2) is 5.87. The maximum Gasteiger partial charge on any atom is 0.246 e. The SMILES string of the molecule is CC(N=C(N)C1CCCCC1)C(=O)N(C)C. The van der Waals surface area contributed by atoms with Crippen LogP contribution in [0.15, 0.2) is 4.99 Å². The molecule has 0 aromatic carbocycles. The summed E-state index contributed by atoms with van der Waals surface area (Å²) in [5.74, 6) is 1.08. The molecule has 1 aliphatic rings. The van der Waals surface area contributed by atoms with Crippen molar-refractivity contribution in [2.24, 2.45) is 16.6 Å². The third kappa shape index (κ3) is 3.51. The zero-order valence-electron chi connectivity index (χ0n) is 10.6. The van der Waals surface area contributed by atoms with Crippen molar-refractivity contribution in [3.63, 3.8) is 0 Å². The molecule has 4 heteroatoms. The van der Waals surface area contributed by atoms with E-state index in [1.165, 1.54) is 19.3 Å². The van der Waals surface area contributed by atoms with Crippen molar-refractivity contribution in [2.75, 3.05) is 14.1 Å². The van der Waals surface area contributed by atoms with E-state index in [1.807, 2.05) is 0 Å². The van der Waals surface area contributed by atoms with Crippen LogP contribution in [-0.4, -0.2) is 36.8 Å². The number of carbonyl (C=O) groups is 1. The third-order valence-electron chi connectivity index (χ3n) is 3.16. The molecule has 1 fully saturated rings. The Morgan fingerprint density at radius 3 is 2.38 bits per heavy atom. The van der Waals surface area contributed by atoms with Crippen LogP contribution in [0.3, 0.4) is 0 Å². The zero-order valence-corrected chi connectivity index (χ0v) is 10.6. The van der Waals surface area contributed by atoms with Crippen molar-refractivity contribution in [3.8, 4) is 0 Å². The van der Waals surface area contributed by atoms with E-state index in [0.717, 1.165) is 12.8 Å². The molecular formula is C12H23N3O. The fraction of sp³-hybridized carbons (Fsp3) is 0.833. The van der Waals surface area contributed by atoms with E-state index in [-0.39, 0.29) is 11.9 Å². The number of rotatable bonds is 3. The largest absolute Gasteiger partial charge is 0.387 e. The first-order valence-electron chi connectivity index (χ1n) is 6.06. The van der Waals surface area contributed by atoms with Crippen molar-refractivity contribution < 1.29 is 4.79 Å². The van der Waals surface area contributed by atoms with Gasteiger partial charge in [0.2, 0.25) is 5.91 Å². The maximum absolute atomic E-state index is 11.6. The standard InChI is InChI=1S/C12H23N3O/c1-9(12(16)15(2)3)14-11(13)10-7-5-4-6-8-10/h9-10H,4-8H2,1-3H3,(H2,13,14). The number of likely N-dealkylation sites (N-methyl/N-ethyl adjacent to an activating group) is 1. The average molecular weight is 225 g/mol. The first-order valence-corrected chi connectivity index (χ1v) is 6.06. The van der Waals surface area contributed by atoms with Crippen LogP contribution in [0.5, 0.6) is 0 Å². The number of carbonyl (C=O) groups excluding carboxylic acids is 1. The number of nitrogens with zero attached hydrogens (tertiary/aromatic N) is 2. The lowest BCUT2D eigenvalue weighted by molar-refractivity contribution is -0.129. The second-order valence-corrected chi connectivity index (χ2v) is 4.80. The van der Waals surface area contributed by atoms with Crippen LogP contribution < -0.4 is 5.73 Å². The van der Waals surface area contributed by atoms with Crippen LogP contribution in [0.1, 0.15) is 39.0 Å². The number of amides is 1. The number of hydrogen-bond donors (Lipinski definition) is 1. The van der Waals surface area contributed by atoms with Crippen molar-refractivity contribution in [1.29, 1.82) is 0 Å². The van der Waals surface area contributed by atoms with E-state index in [4.69, 9.17) is 5.73 Å². The summed E-state index contributed by atoms with van der Waals surface area (Å²) in [5, 5.41) is 0. The van der Waals surface area contributed by atoms with Crippen molar-refractivity contribution in [3.05, 3.63) is 0 Å². The topological polar surface area (TPSA) is 58.7 Å². The predicted octanol–water partition coefficient (Wildman–Crippen LogP) is 1.40. The summed E-state index contributed by atoms with van der Waals surface area (Å²) >= 11 is 0. The quantitative estimate of drug-likeness (QED) is 0.583. The molecule has 0 saturated heterocycles. The van der Waals surface area contributed by atoms with E-state index in [0.29, 0.717) is 11.8 Å². The van der Waals surface area contributed by atoms with Gasteiger partial charge in [0.1, 0.15) is 6.04 Å². The summed E-state index contributed by atoms with van der Waals surface area (Å²) < 4.78 is 0. The summed E-state index contributed by atoms with van der Waals surface area (Å²) in [5.41, 5.74) is 5.97. The molecule has 0 radical (unpaired) electrons. The summed E-state index contributed by atoms with van der Waals surface area (Å²) in [4.78, 5) is 17.5. The molecule has 1 saturated carbocycles. The highest BCUT2D eigenvalue weighted by Gasteiger charge is 2.20. The highest BCUT2D eigenvalue weighted by molar-refractivity contribution is 5.88. The van der Waals surface area contributed by atoms with Gasteiger partial charge < -0.3 is 10.6 Å². The highest BCUT2D eigenvalue weighted by atomic mass is 16.2. The molecular weight excluding hydrogens is 202 g/mol. The van der Waals surface area contributed by atoms with Crippen molar-refractivity contribution >= 4 is 11.7 Å². The molecule has 0 spiro atoms. The Morgan fingerprint density at radius 1 is 1.31 bits per heavy atom. The molecule has 1 amide bonds. The van der Waals surface area contributed by atoms with E-state index in [1.54, 1.807) is 25.9 Å². The van der Waals surface area contributed by atoms with Gasteiger partial charge in [-0.15, -0.1) is 0 Å².